The summed E-state index contributed by atoms with van der Waals surface area (Å²) < 4.78 is 1.87. The molecule has 0 radical (unpaired) electrons. The first-order valence-electron chi connectivity index (χ1n) is 7.42. The van der Waals surface area contributed by atoms with Crippen molar-refractivity contribution in [2.75, 3.05) is 11.9 Å². The first-order valence-corrected chi connectivity index (χ1v) is 7.42. The van der Waals surface area contributed by atoms with Crippen molar-refractivity contribution in [3.63, 3.8) is 0 Å². The smallest absolute Gasteiger partial charge is 0.241 e. The zero-order chi connectivity index (χ0) is 14.5. The number of nitrogens with one attached hydrogen (secondary N) is 2. The minimum atomic E-state index is -0.0532. The highest BCUT2D eigenvalue weighted by atomic mass is 16.2. The molecule has 5 nitrogen and oxygen atoms in total. The van der Waals surface area contributed by atoms with Gasteiger partial charge < -0.3 is 10.6 Å². The number of rotatable bonds is 4. The van der Waals surface area contributed by atoms with E-state index in [1.807, 2.05) is 41.2 Å². The first kappa shape index (κ1) is 13.8. The number of carbonyl (C=O) groups excluding carboxylic acids is 1. The van der Waals surface area contributed by atoms with E-state index in [-0.39, 0.29) is 11.9 Å². The number of nitrogens with zero attached hydrogens (tertiary/aromatic N) is 2. The fourth-order valence-electron chi connectivity index (χ4n) is 2.58. The summed E-state index contributed by atoms with van der Waals surface area (Å²) in [5, 5.41) is 10.4. The predicted molar refractivity (Wildman–Crippen MR) is 82.0 cm³/mol. The molecule has 1 amide bonds. The van der Waals surface area contributed by atoms with E-state index in [1.165, 1.54) is 0 Å². The average molecular weight is 284 g/mol. The minimum absolute atomic E-state index is 0.0532. The van der Waals surface area contributed by atoms with E-state index in [4.69, 9.17) is 0 Å². The van der Waals surface area contributed by atoms with Crippen LogP contribution in [0.1, 0.15) is 24.8 Å². The number of anilines is 1. The van der Waals surface area contributed by atoms with Crippen LogP contribution in [0.3, 0.4) is 0 Å². The van der Waals surface area contributed by atoms with Crippen LogP contribution in [0.15, 0.2) is 42.7 Å². The van der Waals surface area contributed by atoms with Crippen LogP contribution in [0, 0.1) is 0 Å². The Morgan fingerprint density at radius 1 is 1.33 bits per heavy atom. The molecule has 0 unspecified atom stereocenters. The monoisotopic (exact) mass is 284 g/mol. The van der Waals surface area contributed by atoms with Gasteiger partial charge in [0.15, 0.2) is 0 Å². The van der Waals surface area contributed by atoms with Crippen molar-refractivity contribution >= 4 is 11.6 Å². The fraction of sp³-hybridized carbons (Fsp3) is 0.375. The maximum atomic E-state index is 12.1. The highest BCUT2D eigenvalue weighted by Crippen LogP contribution is 2.13. The van der Waals surface area contributed by atoms with E-state index in [9.17, 15) is 4.79 Å². The fourth-order valence-corrected chi connectivity index (χ4v) is 2.58. The van der Waals surface area contributed by atoms with Crippen molar-refractivity contribution in [3.8, 4) is 0 Å². The average Bonchev–Trinajstić information content (AvgIpc) is 3.03. The number of benzene rings is 1. The second-order valence-electron chi connectivity index (χ2n) is 5.39. The Morgan fingerprint density at radius 3 is 2.86 bits per heavy atom. The van der Waals surface area contributed by atoms with Gasteiger partial charge in [-0.15, -0.1) is 0 Å². The highest BCUT2D eigenvalue weighted by molar-refractivity contribution is 5.94. The molecule has 0 bridgehead atoms. The van der Waals surface area contributed by atoms with Gasteiger partial charge in [0.1, 0.15) is 0 Å². The Morgan fingerprint density at radius 2 is 2.19 bits per heavy atom. The SMILES string of the molecule is O=C(Nc1ccc(Cn2cccn2)cc1)[C@@H]1CCCCN1. The van der Waals surface area contributed by atoms with Gasteiger partial charge in [-0.25, -0.2) is 0 Å². The van der Waals surface area contributed by atoms with Gasteiger partial charge in [0.2, 0.25) is 5.91 Å². The summed E-state index contributed by atoms with van der Waals surface area (Å²) in [6, 6.07) is 9.78. The summed E-state index contributed by atoms with van der Waals surface area (Å²) in [5.41, 5.74) is 2.00. The number of hydrogen-bond donors (Lipinski definition) is 2. The summed E-state index contributed by atoms with van der Waals surface area (Å²) >= 11 is 0. The van der Waals surface area contributed by atoms with E-state index in [0.29, 0.717) is 0 Å². The molecule has 110 valence electrons. The molecule has 0 aliphatic carbocycles. The van der Waals surface area contributed by atoms with Crippen molar-refractivity contribution in [1.82, 2.24) is 15.1 Å². The molecule has 3 rings (SSSR count). The second kappa shape index (κ2) is 6.54. The molecule has 1 aromatic heterocycles. The van der Waals surface area contributed by atoms with Gasteiger partial charge in [-0.1, -0.05) is 18.6 Å². The molecule has 0 saturated carbocycles. The number of hydrogen-bond acceptors (Lipinski definition) is 3. The highest BCUT2D eigenvalue weighted by Gasteiger charge is 2.20. The third-order valence-electron chi connectivity index (χ3n) is 3.75. The van der Waals surface area contributed by atoms with Crippen LogP contribution in [-0.2, 0) is 11.3 Å². The maximum Gasteiger partial charge on any atom is 0.241 e. The molecule has 2 N–H and O–H groups in total. The number of amides is 1. The third-order valence-corrected chi connectivity index (χ3v) is 3.75. The zero-order valence-corrected chi connectivity index (χ0v) is 12.0. The van der Waals surface area contributed by atoms with E-state index in [1.54, 1.807) is 6.20 Å². The molecular weight excluding hydrogens is 264 g/mol. The van der Waals surface area contributed by atoms with E-state index in [2.05, 4.69) is 15.7 Å². The first-order chi connectivity index (χ1) is 10.3. The third kappa shape index (κ3) is 3.70. The Bertz CT molecular complexity index is 571. The molecule has 1 aromatic carbocycles. The topological polar surface area (TPSA) is 59.0 Å². The molecule has 2 heterocycles. The van der Waals surface area contributed by atoms with Gasteiger partial charge in [-0.2, -0.15) is 5.10 Å². The number of piperidine rings is 1. The van der Waals surface area contributed by atoms with Gasteiger partial charge in [0.25, 0.3) is 0 Å². The number of carbonyl (C=O) groups is 1. The van der Waals surface area contributed by atoms with Crippen molar-refractivity contribution < 1.29 is 4.79 Å². The molecule has 1 fully saturated rings. The van der Waals surface area contributed by atoms with Gasteiger partial charge in [0.05, 0.1) is 12.6 Å². The van der Waals surface area contributed by atoms with Crippen LogP contribution in [0.4, 0.5) is 5.69 Å². The van der Waals surface area contributed by atoms with E-state index < -0.39 is 0 Å². The Balaban J connectivity index is 1.57. The van der Waals surface area contributed by atoms with Crippen LogP contribution in [0.5, 0.6) is 0 Å². The Labute approximate surface area is 124 Å². The van der Waals surface area contributed by atoms with Crippen molar-refractivity contribution in [3.05, 3.63) is 48.3 Å². The quantitative estimate of drug-likeness (QED) is 0.903. The summed E-state index contributed by atoms with van der Waals surface area (Å²) in [4.78, 5) is 12.1. The lowest BCUT2D eigenvalue weighted by Crippen LogP contribution is -2.43. The summed E-state index contributed by atoms with van der Waals surface area (Å²) in [6.45, 7) is 1.67. The van der Waals surface area contributed by atoms with Crippen LogP contribution >= 0.6 is 0 Å². The molecular formula is C16H20N4O. The minimum Gasteiger partial charge on any atom is -0.325 e. The van der Waals surface area contributed by atoms with Gasteiger partial charge in [-0.05, 0) is 43.1 Å². The summed E-state index contributed by atoms with van der Waals surface area (Å²) in [6.07, 6.45) is 6.90. The standard InChI is InChI=1S/C16H20N4O/c21-16(15-4-1-2-9-17-15)19-14-7-5-13(6-8-14)12-20-11-3-10-18-20/h3,5-8,10-11,15,17H,1-2,4,9,12H2,(H,19,21)/t15-/m0/s1. The lowest BCUT2D eigenvalue weighted by Gasteiger charge is -2.22. The maximum absolute atomic E-state index is 12.1. The normalized spacial score (nSPS) is 18.4. The van der Waals surface area contributed by atoms with Gasteiger partial charge >= 0.3 is 0 Å². The van der Waals surface area contributed by atoms with Crippen LogP contribution < -0.4 is 10.6 Å². The second-order valence-corrected chi connectivity index (χ2v) is 5.39. The van der Waals surface area contributed by atoms with Crippen LogP contribution in [0.25, 0.3) is 0 Å². The van der Waals surface area contributed by atoms with Crippen molar-refractivity contribution in [2.24, 2.45) is 0 Å². The lowest BCUT2D eigenvalue weighted by atomic mass is 10.0. The Hall–Kier alpha value is -2.14. The molecule has 2 aromatic rings. The number of aromatic nitrogens is 2. The lowest BCUT2D eigenvalue weighted by molar-refractivity contribution is -0.118. The van der Waals surface area contributed by atoms with Crippen LogP contribution in [-0.4, -0.2) is 28.3 Å². The molecule has 0 spiro atoms. The van der Waals surface area contributed by atoms with E-state index >= 15 is 0 Å². The van der Waals surface area contributed by atoms with Crippen LogP contribution in [0.2, 0.25) is 0 Å². The molecule has 1 saturated heterocycles. The summed E-state index contributed by atoms with van der Waals surface area (Å²) in [7, 11) is 0. The van der Waals surface area contributed by atoms with E-state index in [0.717, 1.165) is 43.6 Å². The van der Waals surface area contributed by atoms with Crippen molar-refractivity contribution in [2.45, 2.75) is 31.8 Å². The largest absolute Gasteiger partial charge is 0.325 e. The molecule has 1 aliphatic heterocycles. The van der Waals surface area contributed by atoms with Gasteiger partial charge in [-0.3, -0.25) is 9.48 Å². The van der Waals surface area contributed by atoms with Gasteiger partial charge in [0, 0.05) is 18.1 Å². The predicted octanol–water partition coefficient (Wildman–Crippen LogP) is 2.01. The van der Waals surface area contributed by atoms with Crippen molar-refractivity contribution in [1.29, 1.82) is 0 Å². The molecule has 1 atom stereocenters. The Kier molecular flexibility index (Phi) is 4.31. The molecule has 1 aliphatic rings. The summed E-state index contributed by atoms with van der Waals surface area (Å²) in [5.74, 6) is 0.0644. The zero-order valence-electron chi connectivity index (χ0n) is 12.0. The molecule has 5 heteroatoms. The molecule has 21 heavy (non-hydrogen) atoms.